The van der Waals surface area contributed by atoms with Gasteiger partial charge in [-0.2, -0.15) is 0 Å². The van der Waals surface area contributed by atoms with Gasteiger partial charge in [-0.3, -0.25) is 0 Å². The first-order chi connectivity index (χ1) is 5.57. The van der Waals surface area contributed by atoms with Gasteiger partial charge in [0.05, 0.1) is 0 Å². The largest absolute Gasteiger partial charge is 0.330 e. The van der Waals surface area contributed by atoms with Gasteiger partial charge in [0, 0.05) is 6.04 Å². The van der Waals surface area contributed by atoms with Gasteiger partial charge in [-0.15, -0.1) is 0 Å². The zero-order chi connectivity index (χ0) is 9.56. The summed E-state index contributed by atoms with van der Waals surface area (Å²) in [6, 6.07) is 0.691. The lowest BCUT2D eigenvalue weighted by Crippen LogP contribution is -2.32. The lowest BCUT2D eigenvalue weighted by molar-refractivity contribution is 0.227. The van der Waals surface area contributed by atoms with Crippen molar-refractivity contribution in [3.8, 4) is 0 Å². The Morgan fingerprint density at radius 1 is 1.25 bits per heavy atom. The van der Waals surface area contributed by atoms with Crippen LogP contribution in [0, 0.1) is 5.92 Å². The van der Waals surface area contributed by atoms with Crippen LogP contribution >= 0.6 is 0 Å². The van der Waals surface area contributed by atoms with Crippen LogP contribution in [-0.2, 0) is 0 Å². The molecule has 1 unspecified atom stereocenters. The first-order valence-electron chi connectivity index (χ1n) is 4.98. The topological polar surface area (TPSA) is 29.3 Å². The molecule has 0 bridgehead atoms. The van der Waals surface area contributed by atoms with Crippen molar-refractivity contribution in [2.24, 2.45) is 11.7 Å². The van der Waals surface area contributed by atoms with Gasteiger partial charge in [0.1, 0.15) is 0 Å². The van der Waals surface area contributed by atoms with E-state index in [1.54, 1.807) is 0 Å². The minimum Gasteiger partial charge on any atom is -0.330 e. The molecule has 0 rings (SSSR count). The van der Waals surface area contributed by atoms with E-state index in [4.69, 9.17) is 5.73 Å². The number of hydrogen-bond donors (Lipinski definition) is 1. The summed E-state index contributed by atoms with van der Waals surface area (Å²) >= 11 is 0. The number of hydrogen-bond acceptors (Lipinski definition) is 2. The molecule has 0 aliphatic heterocycles. The fraction of sp³-hybridized carbons (Fsp3) is 1.00. The molecule has 12 heavy (non-hydrogen) atoms. The molecule has 0 aliphatic rings. The Bertz CT molecular complexity index is 102. The van der Waals surface area contributed by atoms with Crippen molar-refractivity contribution in [2.45, 2.75) is 39.7 Å². The van der Waals surface area contributed by atoms with E-state index in [9.17, 15) is 0 Å². The van der Waals surface area contributed by atoms with Gasteiger partial charge in [0.15, 0.2) is 0 Å². The van der Waals surface area contributed by atoms with Crippen molar-refractivity contribution in [3.05, 3.63) is 0 Å². The van der Waals surface area contributed by atoms with Crippen LogP contribution in [0.3, 0.4) is 0 Å². The fourth-order valence-electron chi connectivity index (χ4n) is 1.42. The van der Waals surface area contributed by atoms with E-state index in [0.717, 1.165) is 25.4 Å². The Hall–Kier alpha value is -0.0800. The van der Waals surface area contributed by atoms with Crippen molar-refractivity contribution >= 4 is 0 Å². The van der Waals surface area contributed by atoms with E-state index < -0.39 is 0 Å². The molecule has 1 atom stereocenters. The fourth-order valence-corrected chi connectivity index (χ4v) is 1.42. The smallest absolute Gasteiger partial charge is 0.00663 e. The van der Waals surface area contributed by atoms with Gasteiger partial charge < -0.3 is 10.6 Å². The maximum atomic E-state index is 5.45. The maximum Gasteiger partial charge on any atom is 0.00663 e. The molecular weight excluding hydrogens is 148 g/mol. The van der Waals surface area contributed by atoms with Crippen LogP contribution in [0.15, 0.2) is 0 Å². The van der Waals surface area contributed by atoms with E-state index in [1.165, 1.54) is 6.42 Å². The average molecular weight is 172 g/mol. The van der Waals surface area contributed by atoms with Gasteiger partial charge in [-0.25, -0.2) is 0 Å². The molecule has 0 aliphatic carbocycles. The van der Waals surface area contributed by atoms with Crippen LogP contribution in [0.5, 0.6) is 0 Å². The van der Waals surface area contributed by atoms with Gasteiger partial charge in [0.25, 0.3) is 0 Å². The number of rotatable bonds is 6. The summed E-state index contributed by atoms with van der Waals surface area (Å²) in [5.41, 5.74) is 5.45. The van der Waals surface area contributed by atoms with Gasteiger partial charge in [-0.05, 0) is 45.8 Å². The molecule has 0 fully saturated rings. The quantitative estimate of drug-likeness (QED) is 0.661. The minimum atomic E-state index is 0.691. The molecule has 0 saturated heterocycles. The van der Waals surface area contributed by atoms with E-state index >= 15 is 0 Å². The summed E-state index contributed by atoms with van der Waals surface area (Å²) in [6.07, 6.45) is 2.39. The summed E-state index contributed by atoms with van der Waals surface area (Å²) in [4.78, 5) is 2.40. The maximum absolute atomic E-state index is 5.45. The molecule has 0 heterocycles. The first kappa shape index (κ1) is 11.9. The second kappa shape index (κ2) is 6.44. The van der Waals surface area contributed by atoms with E-state index in [2.05, 4.69) is 32.7 Å². The van der Waals surface area contributed by atoms with Crippen LogP contribution in [0.1, 0.15) is 33.6 Å². The van der Waals surface area contributed by atoms with E-state index in [0.29, 0.717) is 6.04 Å². The number of nitrogens with two attached hydrogens (primary N) is 1. The molecule has 0 aromatic carbocycles. The molecular formula is C10H24N2. The SMILES string of the molecule is CC(C)CC(C)N(C)CCCN. The Kier molecular flexibility index (Phi) is 6.39. The summed E-state index contributed by atoms with van der Waals surface area (Å²) in [5, 5.41) is 0. The van der Waals surface area contributed by atoms with Crippen LogP contribution < -0.4 is 5.73 Å². The van der Waals surface area contributed by atoms with Crippen molar-refractivity contribution in [1.29, 1.82) is 0 Å². The van der Waals surface area contributed by atoms with Crippen LogP contribution in [0.4, 0.5) is 0 Å². The highest BCUT2D eigenvalue weighted by Gasteiger charge is 2.09. The molecule has 0 saturated carbocycles. The molecule has 0 radical (unpaired) electrons. The average Bonchev–Trinajstić information content (AvgIpc) is 1.98. The zero-order valence-corrected chi connectivity index (χ0v) is 9.01. The van der Waals surface area contributed by atoms with Crippen molar-refractivity contribution < 1.29 is 0 Å². The molecule has 2 heteroatoms. The Labute approximate surface area is 77.1 Å². The molecule has 0 amide bonds. The first-order valence-corrected chi connectivity index (χ1v) is 4.98. The molecule has 2 nitrogen and oxygen atoms in total. The Morgan fingerprint density at radius 2 is 1.83 bits per heavy atom. The normalized spacial score (nSPS) is 14.2. The van der Waals surface area contributed by atoms with Crippen LogP contribution in [0.25, 0.3) is 0 Å². The van der Waals surface area contributed by atoms with Crippen molar-refractivity contribution in [1.82, 2.24) is 4.90 Å². The van der Waals surface area contributed by atoms with E-state index in [1.807, 2.05) is 0 Å². The van der Waals surface area contributed by atoms with Gasteiger partial charge in [0.2, 0.25) is 0 Å². The van der Waals surface area contributed by atoms with Crippen LogP contribution in [-0.4, -0.2) is 31.1 Å². The van der Waals surface area contributed by atoms with Gasteiger partial charge >= 0.3 is 0 Å². The third kappa shape index (κ3) is 5.56. The van der Waals surface area contributed by atoms with Crippen molar-refractivity contribution in [2.75, 3.05) is 20.1 Å². The number of nitrogens with zero attached hydrogens (tertiary/aromatic N) is 1. The monoisotopic (exact) mass is 172 g/mol. The molecule has 0 spiro atoms. The summed E-state index contributed by atoms with van der Waals surface area (Å²) < 4.78 is 0. The van der Waals surface area contributed by atoms with Crippen molar-refractivity contribution in [3.63, 3.8) is 0 Å². The lowest BCUT2D eigenvalue weighted by atomic mass is 10.0. The molecule has 0 aromatic rings. The summed E-state index contributed by atoms with van der Waals surface area (Å²) in [7, 11) is 2.18. The summed E-state index contributed by atoms with van der Waals surface area (Å²) in [6.45, 7) is 8.76. The third-order valence-electron chi connectivity index (χ3n) is 2.28. The lowest BCUT2D eigenvalue weighted by Gasteiger charge is -2.25. The van der Waals surface area contributed by atoms with Gasteiger partial charge in [-0.1, -0.05) is 13.8 Å². The molecule has 2 N–H and O–H groups in total. The zero-order valence-electron chi connectivity index (χ0n) is 9.01. The molecule has 74 valence electrons. The predicted octanol–water partition coefficient (Wildman–Crippen LogP) is 1.70. The minimum absolute atomic E-state index is 0.691. The Morgan fingerprint density at radius 3 is 2.25 bits per heavy atom. The second-order valence-corrected chi connectivity index (χ2v) is 4.10. The van der Waals surface area contributed by atoms with Crippen LogP contribution in [0.2, 0.25) is 0 Å². The second-order valence-electron chi connectivity index (χ2n) is 4.10. The highest BCUT2D eigenvalue weighted by molar-refractivity contribution is 4.65. The highest BCUT2D eigenvalue weighted by Crippen LogP contribution is 2.09. The predicted molar refractivity (Wildman–Crippen MR) is 55.2 cm³/mol. The summed E-state index contributed by atoms with van der Waals surface area (Å²) in [5.74, 6) is 0.792. The highest BCUT2D eigenvalue weighted by atomic mass is 15.1. The Balaban J connectivity index is 3.53. The van der Waals surface area contributed by atoms with E-state index in [-0.39, 0.29) is 0 Å². The molecule has 0 aromatic heterocycles. The standard InChI is InChI=1S/C10H24N2/c1-9(2)8-10(3)12(4)7-5-6-11/h9-10H,5-8,11H2,1-4H3. The third-order valence-corrected chi connectivity index (χ3v) is 2.28.